The maximum Gasteiger partial charge on any atom is 0.191 e. The summed E-state index contributed by atoms with van der Waals surface area (Å²) in [5.74, 6) is 2.73. The molecule has 0 spiro atoms. The number of aliphatic imine (C=N–C) groups is 1. The highest BCUT2D eigenvalue weighted by Gasteiger charge is 2.13. The molecule has 2 heterocycles. The van der Waals surface area contributed by atoms with E-state index in [9.17, 15) is 0 Å². The summed E-state index contributed by atoms with van der Waals surface area (Å²) in [5.41, 5.74) is 1.15. The van der Waals surface area contributed by atoms with Crippen molar-refractivity contribution in [2.45, 2.75) is 66.0 Å². The third-order valence-electron chi connectivity index (χ3n) is 4.56. The molecule has 2 rings (SSSR count). The average molecular weight is 473 g/mol. The highest BCUT2D eigenvalue weighted by molar-refractivity contribution is 14.0. The first-order valence-electron chi connectivity index (χ1n) is 9.83. The minimum atomic E-state index is 0. The summed E-state index contributed by atoms with van der Waals surface area (Å²) in [7, 11) is 0. The van der Waals surface area contributed by atoms with Crippen molar-refractivity contribution < 1.29 is 0 Å². The normalized spacial score (nSPS) is 15.7. The number of hydrogen-bond donors (Lipinski definition) is 2. The van der Waals surface area contributed by atoms with Crippen LogP contribution in [0.5, 0.6) is 0 Å². The van der Waals surface area contributed by atoms with E-state index >= 15 is 0 Å². The monoisotopic (exact) mass is 473 g/mol. The van der Waals surface area contributed by atoms with Crippen molar-refractivity contribution >= 4 is 35.8 Å². The lowest BCUT2D eigenvalue weighted by Gasteiger charge is -2.19. The van der Waals surface area contributed by atoms with E-state index in [4.69, 9.17) is 4.99 Å². The molecule has 1 fully saturated rings. The van der Waals surface area contributed by atoms with Crippen molar-refractivity contribution in [3.63, 3.8) is 0 Å². The van der Waals surface area contributed by atoms with E-state index < -0.39 is 0 Å². The molecule has 1 unspecified atom stereocenters. The first kappa shape index (κ1) is 23.0. The Morgan fingerprint density at radius 3 is 2.50 bits per heavy atom. The van der Waals surface area contributed by atoms with Gasteiger partial charge in [-0.25, -0.2) is 9.98 Å². The summed E-state index contributed by atoms with van der Waals surface area (Å²) in [6.45, 7) is 12.6. The number of hydrogen-bond acceptors (Lipinski definition) is 3. The number of halogens is 1. The summed E-state index contributed by atoms with van der Waals surface area (Å²) in [6.07, 6.45) is 6.91. The van der Waals surface area contributed by atoms with Crippen LogP contribution in [-0.4, -0.2) is 36.6 Å². The molecule has 5 nitrogen and oxygen atoms in total. The van der Waals surface area contributed by atoms with Crippen LogP contribution in [-0.2, 0) is 6.54 Å². The van der Waals surface area contributed by atoms with Crippen molar-refractivity contribution in [2.75, 3.05) is 24.5 Å². The zero-order valence-electron chi connectivity index (χ0n) is 16.8. The third-order valence-corrected chi connectivity index (χ3v) is 4.56. The Bertz CT molecular complexity index is 524. The van der Waals surface area contributed by atoms with Crippen LogP contribution >= 0.6 is 24.0 Å². The predicted octanol–water partition coefficient (Wildman–Crippen LogP) is 4.18. The molecule has 0 saturated carbocycles. The quantitative estimate of drug-likeness (QED) is 0.338. The molecule has 0 radical (unpaired) electrons. The second-order valence-electron chi connectivity index (χ2n) is 7.43. The van der Waals surface area contributed by atoms with Crippen LogP contribution in [0.3, 0.4) is 0 Å². The summed E-state index contributed by atoms with van der Waals surface area (Å²) < 4.78 is 0. The number of nitrogens with one attached hydrogen (secondary N) is 2. The number of anilines is 1. The van der Waals surface area contributed by atoms with Gasteiger partial charge in [-0.15, -0.1) is 24.0 Å². The highest BCUT2D eigenvalue weighted by atomic mass is 127. The maximum absolute atomic E-state index is 4.72. The molecule has 0 bridgehead atoms. The fraction of sp³-hybridized carbons (Fsp3) is 0.700. The second kappa shape index (κ2) is 12.4. The van der Waals surface area contributed by atoms with Crippen molar-refractivity contribution in [1.29, 1.82) is 0 Å². The Labute approximate surface area is 176 Å². The number of rotatable bonds is 8. The van der Waals surface area contributed by atoms with E-state index in [-0.39, 0.29) is 24.0 Å². The SMILES string of the molecule is CCNC(=NCc1ccc(N2CCCC2)nc1)NC(C)CCC(C)C.I. The van der Waals surface area contributed by atoms with Gasteiger partial charge in [-0.05, 0) is 57.1 Å². The Morgan fingerprint density at radius 2 is 1.92 bits per heavy atom. The minimum Gasteiger partial charge on any atom is -0.357 e. The second-order valence-corrected chi connectivity index (χ2v) is 7.43. The van der Waals surface area contributed by atoms with E-state index in [1.807, 2.05) is 6.20 Å². The van der Waals surface area contributed by atoms with E-state index in [1.54, 1.807) is 0 Å². The first-order valence-corrected chi connectivity index (χ1v) is 9.83. The minimum absolute atomic E-state index is 0. The van der Waals surface area contributed by atoms with Crippen LogP contribution < -0.4 is 15.5 Å². The van der Waals surface area contributed by atoms with E-state index in [0.29, 0.717) is 12.6 Å². The van der Waals surface area contributed by atoms with Crippen molar-refractivity contribution in [3.05, 3.63) is 23.9 Å². The van der Waals surface area contributed by atoms with Gasteiger partial charge in [-0.2, -0.15) is 0 Å². The van der Waals surface area contributed by atoms with Crippen LogP contribution in [0.1, 0.15) is 58.9 Å². The van der Waals surface area contributed by atoms with Gasteiger partial charge in [-0.3, -0.25) is 0 Å². The number of guanidine groups is 1. The molecule has 26 heavy (non-hydrogen) atoms. The van der Waals surface area contributed by atoms with Gasteiger partial charge in [0.25, 0.3) is 0 Å². The van der Waals surface area contributed by atoms with Gasteiger partial charge in [0.2, 0.25) is 0 Å². The fourth-order valence-corrected chi connectivity index (χ4v) is 3.02. The molecule has 148 valence electrons. The van der Waals surface area contributed by atoms with Crippen LogP contribution in [0.2, 0.25) is 0 Å². The molecular formula is C20H36IN5. The molecule has 1 aliphatic rings. The zero-order valence-corrected chi connectivity index (χ0v) is 19.1. The first-order chi connectivity index (χ1) is 12.1. The topological polar surface area (TPSA) is 52.6 Å². The smallest absolute Gasteiger partial charge is 0.191 e. The van der Waals surface area contributed by atoms with Gasteiger partial charge >= 0.3 is 0 Å². The maximum atomic E-state index is 4.72. The van der Waals surface area contributed by atoms with Gasteiger partial charge in [-0.1, -0.05) is 19.9 Å². The molecular weight excluding hydrogens is 437 g/mol. The molecule has 0 amide bonds. The lowest BCUT2D eigenvalue weighted by Crippen LogP contribution is -2.42. The van der Waals surface area contributed by atoms with Crippen LogP contribution in [0.4, 0.5) is 5.82 Å². The van der Waals surface area contributed by atoms with Gasteiger partial charge in [0.1, 0.15) is 5.82 Å². The number of aromatic nitrogens is 1. The molecule has 6 heteroatoms. The highest BCUT2D eigenvalue weighted by Crippen LogP contribution is 2.17. The Hall–Kier alpha value is -1.05. The molecule has 0 aromatic carbocycles. The molecule has 1 saturated heterocycles. The Kier molecular flexibility index (Phi) is 10.9. The van der Waals surface area contributed by atoms with Crippen molar-refractivity contribution in [1.82, 2.24) is 15.6 Å². The fourth-order valence-electron chi connectivity index (χ4n) is 3.02. The van der Waals surface area contributed by atoms with Gasteiger partial charge in [0.15, 0.2) is 5.96 Å². The Balaban J connectivity index is 0.00000338. The summed E-state index contributed by atoms with van der Waals surface area (Å²) >= 11 is 0. The number of pyridine rings is 1. The van der Waals surface area contributed by atoms with Crippen molar-refractivity contribution in [2.24, 2.45) is 10.9 Å². The van der Waals surface area contributed by atoms with E-state index in [0.717, 1.165) is 49.3 Å². The molecule has 2 N–H and O–H groups in total. The van der Waals surface area contributed by atoms with Gasteiger partial charge in [0.05, 0.1) is 6.54 Å². The lowest BCUT2D eigenvalue weighted by atomic mass is 10.0. The van der Waals surface area contributed by atoms with Gasteiger partial charge < -0.3 is 15.5 Å². The third kappa shape index (κ3) is 8.10. The van der Waals surface area contributed by atoms with Crippen molar-refractivity contribution in [3.8, 4) is 0 Å². The summed E-state index contributed by atoms with van der Waals surface area (Å²) in [4.78, 5) is 11.7. The predicted molar refractivity (Wildman–Crippen MR) is 123 cm³/mol. The summed E-state index contributed by atoms with van der Waals surface area (Å²) in [5, 5.41) is 6.85. The largest absolute Gasteiger partial charge is 0.357 e. The molecule has 1 aliphatic heterocycles. The molecule has 0 aliphatic carbocycles. The van der Waals surface area contributed by atoms with Crippen LogP contribution in [0, 0.1) is 5.92 Å². The van der Waals surface area contributed by atoms with Crippen LogP contribution in [0.15, 0.2) is 23.3 Å². The number of nitrogens with zero attached hydrogens (tertiary/aromatic N) is 3. The van der Waals surface area contributed by atoms with E-state index in [2.05, 4.69) is 60.3 Å². The lowest BCUT2D eigenvalue weighted by molar-refractivity contribution is 0.489. The van der Waals surface area contributed by atoms with Crippen LogP contribution in [0.25, 0.3) is 0 Å². The average Bonchev–Trinajstić information content (AvgIpc) is 3.13. The molecule has 1 aromatic rings. The van der Waals surface area contributed by atoms with Gasteiger partial charge in [0, 0.05) is 31.9 Å². The summed E-state index contributed by atoms with van der Waals surface area (Å²) in [6, 6.07) is 4.70. The Morgan fingerprint density at radius 1 is 1.19 bits per heavy atom. The zero-order chi connectivity index (χ0) is 18.1. The van der Waals surface area contributed by atoms with E-state index in [1.165, 1.54) is 19.3 Å². The molecule has 1 atom stereocenters. The standard InChI is InChI=1S/C20H35N5.HI/c1-5-21-20(24-17(4)9-8-16(2)3)23-15-18-10-11-19(22-14-18)25-12-6-7-13-25;/h10-11,14,16-17H,5-9,12-13,15H2,1-4H3,(H2,21,23,24);1H. The molecule has 1 aromatic heterocycles.